The van der Waals surface area contributed by atoms with Crippen molar-refractivity contribution < 1.29 is 38.2 Å². The molecule has 0 unspecified atom stereocenters. The Labute approximate surface area is 175 Å². The maximum atomic E-state index is 12.1. The van der Waals surface area contributed by atoms with E-state index in [1.807, 2.05) is 0 Å². The molecule has 158 valence electrons. The van der Waals surface area contributed by atoms with Crippen LogP contribution < -0.4 is 5.32 Å². The second-order valence-corrected chi connectivity index (χ2v) is 6.80. The minimum absolute atomic E-state index is 0.00123. The summed E-state index contributed by atoms with van der Waals surface area (Å²) in [6, 6.07) is 7.29. The van der Waals surface area contributed by atoms with Crippen LogP contribution >= 0.6 is 11.3 Å². The lowest BCUT2D eigenvalue weighted by atomic mass is 10.1. The van der Waals surface area contributed by atoms with Gasteiger partial charge in [0.05, 0.1) is 42.3 Å². The average molecular weight is 433 g/mol. The number of esters is 3. The van der Waals surface area contributed by atoms with Crippen molar-refractivity contribution >= 4 is 46.6 Å². The second-order valence-electron chi connectivity index (χ2n) is 5.85. The Kier molecular flexibility index (Phi) is 8.24. The van der Waals surface area contributed by atoms with Gasteiger partial charge in [0.1, 0.15) is 0 Å². The number of ketones is 1. The van der Waals surface area contributed by atoms with E-state index in [1.54, 1.807) is 17.5 Å². The number of anilines is 1. The molecular weight excluding hydrogens is 414 g/mol. The van der Waals surface area contributed by atoms with Crippen LogP contribution in [-0.4, -0.2) is 50.4 Å². The van der Waals surface area contributed by atoms with E-state index in [4.69, 9.17) is 4.74 Å². The molecule has 2 rings (SSSR count). The third kappa shape index (κ3) is 6.24. The van der Waals surface area contributed by atoms with Crippen molar-refractivity contribution in [2.24, 2.45) is 0 Å². The number of carbonyl (C=O) groups excluding carboxylic acids is 5. The number of methoxy groups -OCH3 is 2. The predicted octanol–water partition coefficient (Wildman–Crippen LogP) is 2.47. The van der Waals surface area contributed by atoms with Crippen LogP contribution in [0.5, 0.6) is 0 Å². The first-order valence-electron chi connectivity index (χ1n) is 8.68. The molecule has 9 nitrogen and oxygen atoms in total. The largest absolute Gasteiger partial charge is 0.465 e. The third-order valence-electron chi connectivity index (χ3n) is 3.84. The van der Waals surface area contributed by atoms with E-state index < -0.39 is 30.4 Å². The highest BCUT2D eigenvalue weighted by Crippen LogP contribution is 2.20. The molecule has 1 amide bonds. The summed E-state index contributed by atoms with van der Waals surface area (Å²) in [5, 5.41) is 4.16. The number of nitrogens with one attached hydrogen (secondary N) is 1. The van der Waals surface area contributed by atoms with Gasteiger partial charge in [-0.25, -0.2) is 9.59 Å². The average Bonchev–Trinajstić information content (AvgIpc) is 3.30. The first kappa shape index (κ1) is 22.8. The highest BCUT2D eigenvalue weighted by Gasteiger charge is 2.18. The Morgan fingerprint density at radius 3 is 2.33 bits per heavy atom. The summed E-state index contributed by atoms with van der Waals surface area (Å²) in [5.74, 6) is -3.03. The number of carbonyl (C=O) groups is 5. The van der Waals surface area contributed by atoms with E-state index in [0.717, 1.165) is 0 Å². The maximum absolute atomic E-state index is 12.1. The molecule has 0 fully saturated rings. The van der Waals surface area contributed by atoms with Crippen molar-refractivity contribution in [3.8, 4) is 0 Å². The molecule has 0 aliphatic rings. The molecule has 1 aromatic carbocycles. The zero-order chi connectivity index (χ0) is 22.1. The van der Waals surface area contributed by atoms with Gasteiger partial charge in [-0.1, -0.05) is 6.07 Å². The van der Waals surface area contributed by atoms with E-state index in [0.29, 0.717) is 4.88 Å². The Hall–Kier alpha value is -3.53. The fraction of sp³-hybridized carbons (Fsp3) is 0.250. The van der Waals surface area contributed by atoms with Crippen LogP contribution in [0.3, 0.4) is 0 Å². The van der Waals surface area contributed by atoms with Crippen LogP contribution in [-0.2, 0) is 23.8 Å². The third-order valence-corrected chi connectivity index (χ3v) is 4.75. The van der Waals surface area contributed by atoms with Gasteiger partial charge in [0.2, 0.25) is 0 Å². The molecule has 0 aliphatic heterocycles. The lowest BCUT2D eigenvalue weighted by Crippen LogP contribution is -2.23. The molecule has 0 aliphatic carbocycles. The number of ether oxygens (including phenoxy) is 3. The number of thiophene rings is 1. The van der Waals surface area contributed by atoms with Crippen LogP contribution in [0.4, 0.5) is 5.69 Å². The summed E-state index contributed by atoms with van der Waals surface area (Å²) >= 11 is 1.28. The Balaban J connectivity index is 1.94. The molecule has 0 saturated carbocycles. The van der Waals surface area contributed by atoms with Gasteiger partial charge in [-0.2, -0.15) is 0 Å². The molecule has 1 heterocycles. The molecule has 1 N–H and O–H groups in total. The van der Waals surface area contributed by atoms with E-state index in [1.165, 1.54) is 43.8 Å². The lowest BCUT2D eigenvalue weighted by Gasteiger charge is -2.11. The smallest absolute Gasteiger partial charge is 0.339 e. The summed E-state index contributed by atoms with van der Waals surface area (Å²) in [5.41, 5.74) is 0.106. The van der Waals surface area contributed by atoms with Crippen LogP contribution in [0.15, 0.2) is 35.7 Å². The number of hydrogen-bond donors (Lipinski definition) is 1. The first-order valence-corrected chi connectivity index (χ1v) is 9.56. The summed E-state index contributed by atoms with van der Waals surface area (Å²) in [7, 11) is 2.36. The van der Waals surface area contributed by atoms with Crippen LogP contribution in [0.2, 0.25) is 0 Å². The van der Waals surface area contributed by atoms with Gasteiger partial charge < -0.3 is 19.5 Å². The summed E-state index contributed by atoms with van der Waals surface area (Å²) < 4.78 is 14.1. The Morgan fingerprint density at radius 1 is 0.967 bits per heavy atom. The molecule has 0 spiro atoms. The van der Waals surface area contributed by atoms with Gasteiger partial charge in [0, 0.05) is 6.42 Å². The fourth-order valence-electron chi connectivity index (χ4n) is 2.36. The summed E-state index contributed by atoms with van der Waals surface area (Å²) in [6.07, 6.45) is -0.204. The van der Waals surface area contributed by atoms with Crippen LogP contribution in [0.1, 0.15) is 43.2 Å². The molecular formula is C20H19NO8S. The lowest BCUT2D eigenvalue weighted by molar-refractivity contribution is -0.147. The summed E-state index contributed by atoms with van der Waals surface area (Å²) in [4.78, 5) is 59.9. The molecule has 0 saturated heterocycles. The normalized spacial score (nSPS) is 10.1. The highest BCUT2D eigenvalue weighted by atomic mass is 32.1. The zero-order valence-electron chi connectivity index (χ0n) is 16.3. The zero-order valence-corrected chi connectivity index (χ0v) is 17.1. The van der Waals surface area contributed by atoms with Gasteiger partial charge in [-0.05, 0) is 29.6 Å². The minimum atomic E-state index is -0.736. The quantitative estimate of drug-likeness (QED) is 0.363. The number of hydrogen-bond acceptors (Lipinski definition) is 9. The SMILES string of the molecule is COC(=O)c1ccc(C(=O)OC)c(NC(=O)COC(=O)CCC(=O)c2cccs2)c1. The van der Waals surface area contributed by atoms with Crippen molar-refractivity contribution in [3.05, 3.63) is 51.7 Å². The molecule has 0 atom stereocenters. The van der Waals surface area contributed by atoms with Gasteiger partial charge in [-0.3, -0.25) is 14.4 Å². The number of amides is 1. The Bertz CT molecular complexity index is 952. The van der Waals surface area contributed by atoms with Crippen molar-refractivity contribution in [1.82, 2.24) is 0 Å². The predicted molar refractivity (Wildman–Crippen MR) is 107 cm³/mol. The van der Waals surface area contributed by atoms with Gasteiger partial charge in [-0.15, -0.1) is 11.3 Å². The highest BCUT2D eigenvalue weighted by molar-refractivity contribution is 7.12. The van der Waals surface area contributed by atoms with E-state index in [9.17, 15) is 24.0 Å². The van der Waals surface area contributed by atoms with E-state index in [-0.39, 0.29) is 35.4 Å². The van der Waals surface area contributed by atoms with Gasteiger partial charge >= 0.3 is 17.9 Å². The van der Waals surface area contributed by atoms with E-state index in [2.05, 4.69) is 14.8 Å². The fourth-order valence-corrected chi connectivity index (χ4v) is 3.06. The second kappa shape index (κ2) is 10.9. The van der Waals surface area contributed by atoms with Crippen molar-refractivity contribution in [2.75, 3.05) is 26.1 Å². The van der Waals surface area contributed by atoms with Crippen LogP contribution in [0.25, 0.3) is 0 Å². The van der Waals surface area contributed by atoms with Crippen LogP contribution in [0, 0.1) is 0 Å². The standard InChI is InChI=1S/C20H19NO8S/c1-27-19(25)12-5-6-13(20(26)28-2)14(10-12)21-17(23)11-29-18(24)8-7-15(22)16-4-3-9-30-16/h3-6,9-10H,7-8,11H2,1-2H3,(H,21,23). The monoisotopic (exact) mass is 433 g/mol. The number of rotatable bonds is 9. The molecule has 30 heavy (non-hydrogen) atoms. The van der Waals surface area contributed by atoms with Crippen molar-refractivity contribution in [2.45, 2.75) is 12.8 Å². The minimum Gasteiger partial charge on any atom is -0.465 e. The molecule has 0 bridgehead atoms. The van der Waals surface area contributed by atoms with Gasteiger partial charge in [0.15, 0.2) is 12.4 Å². The molecule has 10 heteroatoms. The number of Topliss-reactive ketones (excluding diaryl/α,β-unsaturated/α-hetero) is 1. The van der Waals surface area contributed by atoms with Crippen molar-refractivity contribution in [1.29, 1.82) is 0 Å². The first-order chi connectivity index (χ1) is 14.3. The molecule has 0 radical (unpaired) electrons. The molecule has 2 aromatic rings. The van der Waals surface area contributed by atoms with E-state index >= 15 is 0 Å². The van der Waals surface area contributed by atoms with Crippen molar-refractivity contribution in [3.63, 3.8) is 0 Å². The molecule has 1 aromatic heterocycles. The Morgan fingerprint density at radius 2 is 1.70 bits per heavy atom. The maximum Gasteiger partial charge on any atom is 0.339 e. The number of benzene rings is 1. The summed E-state index contributed by atoms with van der Waals surface area (Å²) in [6.45, 7) is -0.630. The topological polar surface area (TPSA) is 125 Å². The van der Waals surface area contributed by atoms with Gasteiger partial charge in [0.25, 0.3) is 5.91 Å².